The molecule has 1 heterocycles. The lowest BCUT2D eigenvalue weighted by molar-refractivity contribution is -0.152. The summed E-state index contributed by atoms with van der Waals surface area (Å²) in [5, 5.41) is 0. The molecule has 1 saturated heterocycles. The Kier molecular flexibility index (Phi) is 10.1. The number of benzene rings is 1. The Bertz CT molecular complexity index is 739. The smallest absolute Gasteiger partial charge is 0.310 e. The summed E-state index contributed by atoms with van der Waals surface area (Å²) in [7, 11) is 1.62. The van der Waals surface area contributed by atoms with Crippen LogP contribution in [0, 0.1) is 5.92 Å². The second-order valence-electron chi connectivity index (χ2n) is 7.51. The maximum Gasteiger partial charge on any atom is 0.310 e. The van der Waals surface area contributed by atoms with Crippen molar-refractivity contribution < 1.29 is 28.6 Å². The van der Waals surface area contributed by atoms with Gasteiger partial charge in [-0.1, -0.05) is 12.1 Å². The predicted octanol–water partition coefficient (Wildman–Crippen LogP) is 2.50. The molecule has 2 amide bonds. The summed E-state index contributed by atoms with van der Waals surface area (Å²) in [5.74, 6) is 0.537. The van der Waals surface area contributed by atoms with Gasteiger partial charge in [0.15, 0.2) is 11.5 Å². The predicted molar refractivity (Wildman–Crippen MR) is 116 cm³/mol. The van der Waals surface area contributed by atoms with Crippen molar-refractivity contribution in [2.24, 2.45) is 5.92 Å². The van der Waals surface area contributed by atoms with Crippen molar-refractivity contribution >= 4 is 17.8 Å². The van der Waals surface area contributed by atoms with Crippen LogP contribution in [0.25, 0.3) is 0 Å². The highest BCUT2D eigenvalue weighted by molar-refractivity contribution is 5.85. The Morgan fingerprint density at radius 1 is 1.10 bits per heavy atom. The molecule has 0 bridgehead atoms. The maximum absolute atomic E-state index is 12.6. The standard InChI is InChI=1S/C23H34N2O6/c1-4-29-19-11-6-7-12-20(19)31-15-9-13-21(26)24(3)17-22(27)25-14-8-10-18(16-25)23(28)30-5-2/h6-7,11-12,18H,4-5,8-10,13-17H2,1-3H3. The molecule has 31 heavy (non-hydrogen) atoms. The fraction of sp³-hybridized carbons (Fsp3) is 0.609. The van der Waals surface area contributed by atoms with Crippen LogP contribution in [0.5, 0.6) is 11.5 Å². The third kappa shape index (κ3) is 7.77. The third-order valence-electron chi connectivity index (χ3n) is 5.13. The lowest BCUT2D eigenvalue weighted by Crippen LogP contribution is -2.47. The molecule has 0 N–H and O–H groups in total. The van der Waals surface area contributed by atoms with E-state index in [1.807, 2.05) is 31.2 Å². The Morgan fingerprint density at radius 3 is 2.48 bits per heavy atom. The van der Waals surface area contributed by atoms with Crippen LogP contribution in [0.1, 0.15) is 39.5 Å². The van der Waals surface area contributed by atoms with Gasteiger partial charge in [0.25, 0.3) is 0 Å². The van der Waals surface area contributed by atoms with Gasteiger partial charge in [0.05, 0.1) is 32.3 Å². The molecule has 0 aliphatic carbocycles. The van der Waals surface area contributed by atoms with Crippen LogP contribution >= 0.6 is 0 Å². The van der Waals surface area contributed by atoms with Crippen LogP contribution in [0.2, 0.25) is 0 Å². The van der Waals surface area contributed by atoms with Gasteiger partial charge in [0, 0.05) is 26.6 Å². The molecular weight excluding hydrogens is 400 g/mol. The zero-order valence-corrected chi connectivity index (χ0v) is 18.8. The molecule has 1 aromatic rings. The molecule has 0 aromatic heterocycles. The molecule has 0 saturated carbocycles. The van der Waals surface area contributed by atoms with Gasteiger partial charge in [-0.15, -0.1) is 0 Å². The molecule has 8 nitrogen and oxygen atoms in total. The van der Waals surface area contributed by atoms with E-state index in [0.29, 0.717) is 50.8 Å². The third-order valence-corrected chi connectivity index (χ3v) is 5.13. The maximum atomic E-state index is 12.6. The van der Waals surface area contributed by atoms with Crippen LogP contribution in [-0.2, 0) is 19.1 Å². The number of nitrogens with zero attached hydrogens (tertiary/aromatic N) is 2. The minimum atomic E-state index is -0.282. The second-order valence-corrected chi connectivity index (χ2v) is 7.51. The number of hydrogen-bond acceptors (Lipinski definition) is 6. The monoisotopic (exact) mass is 434 g/mol. The van der Waals surface area contributed by atoms with Gasteiger partial charge < -0.3 is 24.0 Å². The van der Waals surface area contributed by atoms with Crippen molar-refractivity contribution in [2.45, 2.75) is 39.5 Å². The first-order valence-corrected chi connectivity index (χ1v) is 11.0. The van der Waals surface area contributed by atoms with Gasteiger partial charge in [0.2, 0.25) is 11.8 Å². The summed E-state index contributed by atoms with van der Waals surface area (Å²) in [4.78, 5) is 40.0. The quantitative estimate of drug-likeness (QED) is 0.393. The number of amides is 2. The molecule has 1 aliphatic rings. The van der Waals surface area contributed by atoms with Crippen LogP contribution < -0.4 is 9.47 Å². The summed E-state index contributed by atoms with van der Waals surface area (Å²) in [5.41, 5.74) is 0. The van der Waals surface area contributed by atoms with Gasteiger partial charge >= 0.3 is 5.97 Å². The molecule has 1 atom stereocenters. The number of para-hydroxylation sites is 2. The summed E-state index contributed by atoms with van der Waals surface area (Å²) in [6.45, 7) is 5.90. The van der Waals surface area contributed by atoms with E-state index in [0.717, 1.165) is 12.8 Å². The molecule has 2 rings (SSSR count). The number of ether oxygens (including phenoxy) is 3. The number of likely N-dealkylation sites (N-methyl/N-ethyl adjacent to an activating group) is 1. The van der Waals surface area contributed by atoms with E-state index in [4.69, 9.17) is 14.2 Å². The summed E-state index contributed by atoms with van der Waals surface area (Å²) in [6, 6.07) is 7.43. The Balaban J connectivity index is 1.73. The number of hydrogen-bond donors (Lipinski definition) is 0. The molecular formula is C23H34N2O6. The summed E-state index contributed by atoms with van der Waals surface area (Å²) >= 11 is 0. The average molecular weight is 435 g/mol. The van der Waals surface area contributed by atoms with Gasteiger partial charge in [0.1, 0.15) is 0 Å². The van der Waals surface area contributed by atoms with E-state index in [9.17, 15) is 14.4 Å². The van der Waals surface area contributed by atoms with E-state index >= 15 is 0 Å². The van der Waals surface area contributed by atoms with Crippen molar-refractivity contribution in [3.8, 4) is 11.5 Å². The molecule has 1 fully saturated rings. The molecule has 8 heteroatoms. The summed E-state index contributed by atoms with van der Waals surface area (Å²) in [6.07, 6.45) is 2.30. The van der Waals surface area contributed by atoms with Crippen molar-refractivity contribution in [1.29, 1.82) is 0 Å². The molecule has 0 radical (unpaired) electrons. The van der Waals surface area contributed by atoms with Gasteiger partial charge in [-0.3, -0.25) is 14.4 Å². The molecule has 172 valence electrons. The van der Waals surface area contributed by atoms with Crippen LogP contribution in [0.4, 0.5) is 0 Å². The first kappa shape index (κ1) is 24.5. The van der Waals surface area contributed by atoms with Crippen molar-refractivity contribution in [1.82, 2.24) is 9.80 Å². The van der Waals surface area contributed by atoms with Crippen LogP contribution in [-0.4, -0.2) is 74.1 Å². The number of likely N-dealkylation sites (tertiary alicyclic amines) is 1. The number of esters is 1. The topological polar surface area (TPSA) is 85.4 Å². The number of carbonyl (C=O) groups is 3. The fourth-order valence-electron chi connectivity index (χ4n) is 3.49. The molecule has 1 aliphatic heterocycles. The van der Waals surface area contributed by atoms with Gasteiger partial charge in [-0.05, 0) is 45.2 Å². The Hall–Kier alpha value is -2.77. The fourth-order valence-corrected chi connectivity index (χ4v) is 3.49. The first-order chi connectivity index (χ1) is 15.0. The molecule has 1 aromatic carbocycles. The van der Waals surface area contributed by atoms with Crippen molar-refractivity contribution in [3.05, 3.63) is 24.3 Å². The van der Waals surface area contributed by atoms with Crippen molar-refractivity contribution in [3.63, 3.8) is 0 Å². The zero-order valence-electron chi connectivity index (χ0n) is 18.8. The SMILES string of the molecule is CCOC(=O)C1CCCN(C(=O)CN(C)C(=O)CCCOc2ccccc2OCC)C1. The minimum absolute atomic E-state index is 0.00239. The molecule has 0 spiro atoms. The largest absolute Gasteiger partial charge is 0.490 e. The van der Waals surface area contributed by atoms with Gasteiger partial charge in [-0.2, -0.15) is 0 Å². The Morgan fingerprint density at radius 2 is 1.81 bits per heavy atom. The highest BCUT2D eigenvalue weighted by atomic mass is 16.5. The normalized spacial score (nSPS) is 15.8. The number of rotatable bonds is 11. The van der Waals surface area contributed by atoms with E-state index in [1.54, 1.807) is 18.9 Å². The first-order valence-electron chi connectivity index (χ1n) is 11.0. The Labute approximate surface area is 184 Å². The minimum Gasteiger partial charge on any atom is -0.490 e. The molecule has 1 unspecified atom stereocenters. The highest BCUT2D eigenvalue weighted by Gasteiger charge is 2.30. The number of carbonyl (C=O) groups excluding carboxylic acids is 3. The van der Waals surface area contributed by atoms with E-state index in [-0.39, 0.29) is 36.7 Å². The van der Waals surface area contributed by atoms with Gasteiger partial charge in [-0.25, -0.2) is 0 Å². The highest BCUT2D eigenvalue weighted by Crippen LogP contribution is 2.26. The average Bonchev–Trinajstić information content (AvgIpc) is 2.78. The van der Waals surface area contributed by atoms with Crippen LogP contribution in [0.15, 0.2) is 24.3 Å². The second kappa shape index (κ2) is 12.8. The van der Waals surface area contributed by atoms with E-state index in [2.05, 4.69) is 0 Å². The lowest BCUT2D eigenvalue weighted by atomic mass is 9.98. The van der Waals surface area contributed by atoms with Crippen LogP contribution in [0.3, 0.4) is 0 Å². The van der Waals surface area contributed by atoms with Crippen molar-refractivity contribution in [2.75, 3.05) is 46.5 Å². The number of piperidine rings is 1. The summed E-state index contributed by atoms with van der Waals surface area (Å²) < 4.78 is 16.3. The van der Waals surface area contributed by atoms with E-state index < -0.39 is 0 Å². The lowest BCUT2D eigenvalue weighted by Gasteiger charge is -2.32. The zero-order chi connectivity index (χ0) is 22.6. The van der Waals surface area contributed by atoms with E-state index in [1.165, 1.54) is 4.90 Å².